The molecule has 106 valence electrons. The molecule has 5 heteroatoms. The molecule has 0 bridgehead atoms. The first-order valence-electron chi connectivity index (χ1n) is 6.59. The largest absolute Gasteiger partial charge is 0.464 e. The Kier molecular flexibility index (Phi) is 8.37. The summed E-state index contributed by atoms with van der Waals surface area (Å²) in [5.74, 6) is -0.578. The average molecular weight is 258 g/mol. The lowest BCUT2D eigenvalue weighted by Crippen LogP contribution is -2.48. The molecule has 0 heterocycles. The summed E-state index contributed by atoms with van der Waals surface area (Å²) >= 11 is 0. The van der Waals surface area contributed by atoms with Gasteiger partial charge in [0.2, 0.25) is 5.91 Å². The van der Waals surface area contributed by atoms with Crippen LogP contribution in [0.25, 0.3) is 0 Å². The fourth-order valence-corrected chi connectivity index (χ4v) is 1.60. The highest BCUT2D eigenvalue weighted by atomic mass is 16.5. The summed E-state index contributed by atoms with van der Waals surface area (Å²) in [6.45, 7) is 8.42. The first-order valence-corrected chi connectivity index (χ1v) is 6.59. The van der Waals surface area contributed by atoms with Crippen LogP contribution in [0.4, 0.5) is 0 Å². The maximum absolute atomic E-state index is 11.9. The molecule has 0 rings (SSSR count). The fraction of sp³-hybridized carbons (Fsp3) is 0.846. The Labute approximate surface area is 110 Å². The van der Waals surface area contributed by atoms with Crippen molar-refractivity contribution < 1.29 is 14.3 Å². The maximum atomic E-state index is 11.9. The smallest absolute Gasteiger partial charge is 0.328 e. The molecule has 18 heavy (non-hydrogen) atoms. The molecule has 0 aromatic heterocycles. The summed E-state index contributed by atoms with van der Waals surface area (Å²) in [5.41, 5.74) is 0. The Morgan fingerprint density at radius 3 is 2.28 bits per heavy atom. The predicted molar refractivity (Wildman–Crippen MR) is 71.1 cm³/mol. The Balaban J connectivity index is 4.58. The molecule has 0 spiro atoms. The summed E-state index contributed by atoms with van der Waals surface area (Å²) in [7, 11) is 1.79. The molecule has 1 amide bonds. The maximum Gasteiger partial charge on any atom is 0.328 e. The quantitative estimate of drug-likeness (QED) is 0.636. The lowest BCUT2D eigenvalue weighted by atomic mass is 9.98. The number of amides is 1. The van der Waals surface area contributed by atoms with Crippen molar-refractivity contribution in [1.29, 1.82) is 0 Å². The molecule has 0 aliphatic heterocycles. The van der Waals surface area contributed by atoms with E-state index >= 15 is 0 Å². The molecule has 0 fully saturated rings. The van der Waals surface area contributed by atoms with Crippen molar-refractivity contribution in [1.82, 2.24) is 10.6 Å². The number of carbonyl (C=O) groups is 2. The van der Waals surface area contributed by atoms with Gasteiger partial charge < -0.3 is 15.4 Å². The van der Waals surface area contributed by atoms with E-state index < -0.39 is 6.04 Å². The highest BCUT2D eigenvalue weighted by Gasteiger charge is 2.28. The fourth-order valence-electron chi connectivity index (χ4n) is 1.60. The van der Waals surface area contributed by atoms with E-state index in [9.17, 15) is 9.59 Å². The third-order valence-electron chi connectivity index (χ3n) is 3.01. The van der Waals surface area contributed by atoms with Gasteiger partial charge in [-0.05, 0) is 19.9 Å². The molecule has 0 aliphatic carbocycles. The monoisotopic (exact) mass is 258 g/mol. The minimum Gasteiger partial charge on any atom is -0.464 e. The predicted octanol–water partition coefficient (Wildman–Crippen LogP) is 0.936. The molecule has 0 aromatic rings. The first-order chi connectivity index (χ1) is 8.47. The van der Waals surface area contributed by atoms with Crippen LogP contribution in [0.2, 0.25) is 0 Å². The van der Waals surface area contributed by atoms with E-state index in [-0.39, 0.29) is 23.7 Å². The van der Waals surface area contributed by atoms with Crippen LogP contribution in [0.3, 0.4) is 0 Å². The van der Waals surface area contributed by atoms with Crippen molar-refractivity contribution in [3.8, 4) is 0 Å². The van der Waals surface area contributed by atoms with Gasteiger partial charge in [-0.3, -0.25) is 4.79 Å². The van der Waals surface area contributed by atoms with Crippen molar-refractivity contribution in [2.45, 2.75) is 40.2 Å². The number of rotatable bonds is 8. The third-order valence-corrected chi connectivity index (χ3v) is 3.01. The van der Waals surface area contributed by atoms with Gasteiger partial charge in [0.25, 0.3) is 0 Å². The van der Waals surface area contributed by atoms with Gasteiger partial charge in [-0.2, -0.15) is 0 Å². The Morgan fingerprint density at radius 1 is 1.22 bits per heavy atom. The topological polar surface area (TPSA) is 67.4 Å². The van der Waals surface area contributed by atoms with E-state index in [1.807, 2.05) is 20.8 Å². The molecule has 2 N–H and O–H groups in total. The zero-order valence-electron chi connectivity index (χ0n) is 12.1. The molecule has 0 saturated heterocycles. The highest BCUT2D eigenvalue weighted by molar-refractivity contribution is 5.85. The Morgan fingerprint density at radius 2 is 1.83 bits per heavy atom. The van der Waals surface area contributed by atoms with Gasteiger partial charge in [0.1, 0.15) is 6.04 Å². The molecule has 3 unspecified atom stereocenters. The normalized spacial score (nSPS) is 15.6. The van der Waals surface area contributed by atoms with Crippen molar-refractivity contribution in [2.75, 3.05) is 20.2 Å². The van der Waals surface area contributed by atoms with Gasteiger partial charge in [0.15, 0.2) is 0 Å². The van der Waals surface area contributed by atoms with Gasteiger partial charge in [0.05, 0.1) is 6.61 Å². The molecule has 3 atom stereocenters. The van der Waals surface area contributed by atoms with Crippen LogP contribution < -0.4 is 10.6 Å². The van der Waals surface area contributed by atoms with Crippen molar-refractivity contribution in [3.05, 3.63) is 0 Å². The third kappa shape index (κ3) is 5.49. The van der Waals surface area contributed by atoms with Gasteiger partial charge in [-0.1, -0.05) is 27.2 Å². The highest BCUT2D eigenvalue weighted by Crippen LogP contribution is 2.10. The average Bonchev–Trinajstić information content (AvgIpc) is 2.35. The van der Waals surface area contributed by atoms with Gasteiger partial charge in [-0.25, -0.2) is 4.79 Å². The molecular weight excluding hydrogens is 232 g/mol. The van der Waals surface area contributed by atoms with Crippen LogP contribution in [0, 0.1) is 11.8 Å². The van der Waals surface area contributed by atoms with Gasteiger partial charge >= 0.3 is 5.97 Å². The SMILES string of the molecule is CCOC(=O)C(NC(=O)C(C)CNC)C(C)CC. The number of hydrogen-bond donors (Lipinski definition) is 2. The Hall–Kier alpha value is -1.10. The zero-order chi connectivity index (χ0) is 14.1. The van der Waals surface area contributed by atoms with Crippen LogP contribution in [0.1, 0.15) is 34.1 Å². The molecule has 5 nitrogen and oxygen atoms in total. The molecule has 0 saturated carbocycles. The summed E-state index contributed by atoms with van der Waals surface area (Å²) in [4.78, 5) is 23.7. The second kappa shape index (κ2) is 8.91. The minimum absolute atomic E-state index is 0.0646. The number of nitrogens with one attached hydrogen (secondary N) is 2. The molecule has 0 aliphatic rings. The van der Waals surface area contributed by atoms with E-state index in [1.54, 1.807) is 14.0 Å². The van der Waals surface area contributed by atoms with Crippen molar-refractivity contribution in [2.24, 2.45) is 11.8 Å². The van der Waals surface area contributed by atoms with Gasteiger partial charge in [0, 0.05) is 12.5 Å². The van der Waals surface area contributed by atoms with Gasteiger partial charge in [-0.15, -0.1) is 0 Å². The standard InChI is InChI=1S/C13H26N2O3/c1-6-9(3)11(13(17)18-7-2)15-12(16)10(4)8-14-5/h9-11,14H,6-8H2,1-5H3,(H,15,16). The number of hydrogen-bond acceptors (Lipinski definition) is 4. The number of esters is 1. The van der Waals surface area contributed by atoms with Crippen LogP contribution in [0.5, 0.6) is 0 Å². The lowest BCUT2D eigenvalue weighted by Gasteiger charge is -2.24. The van der Waals surface area contributed by atoms with E-state index in [0.717, 1.165) is 6.42 Å². The second-order valence-electron chi connectivity index (χ2n) is 4.58. The molecule has 0 radical (unpaired) electrons. The molecular formula is C13H26N2O3. The van der Waals surface area contributed by atoms with Crippen molar-refractivity contribution in [3.63, 3.8) is 0 Å². The number of carbonyl (C=O) groups excluding carboxylic acids is 2. The van der Waals surface area contributed by atoms with E-state index in [0.29, 0.717) is 13.2 Å². The number of ether oxygens (including phenoxy) is 1. The van der Waals surface area contributed by atoms with Crippen LogP contribution in [-0.2, 0) is 14.3 Å². The minimum atomic E-state index is -0.554. The van der Waals surface area contributed by atoms with Crippen LogP contribution in [-0.4, -0.2) is 38.1 Å². The zero-order valence-corrected chi connectivity index (χ0v) is 12.1. The van der Waals surface area contributed by atoms with Crippen molar-refractivity contribution >= 4 is 11.9 Å². The van der Waals surface area contributed by atoms with E-state index in [4.69, 9.17) is 4.74 Å². The first kappa shape index (κ1) is 16.9. The van der Waals surface area contributed by atoms with E-state index in [1.165, 1.54) is 0 Å². The summed E-state index contributed by atoms with van der Waals surface area (Å²) in [6, 6.07) is -0.554. The summed E-state index contributed by atoms with van der Waals surface area (Å²) in [5, 5.41) is 5.73. The van der Waals surface area contributed by atoms with Crippen LogP contribution >= 0.6 is 0 Å². The van der Waals surface area contributed by atoms with Crippen LogP contribution in [0.15, 0.2) is 0 Å². The Bertz CT molecular complexity index is 269. The summed E-state index contributed by atoms with van der Waals surface area (Å²) in [6.07, 6.45) is 0.810. The lowest BCUT2D eigenvalue weighted by molar-refractivity contribution is -0.149. The molecule has 0 aromatic carbocycles. The van der Waals surface area contributed by atoms with E-state index in [2.05, 4.69) is 10.6 Å². The second-order valence-corrected chi connectivity index (χ2v) is 4.58. The summed E-state index contributed by atoms with van der Waals surface area (Å²) < 4.78 is 5.00.